The van der Waals surface area contributed by atoms with Gasteiger partial charge in [0.1, 0.15) is 0 Å². The first-order valence-electron chi connectivity index (χ1n) is 3.80. The zero-order valence-corrected chi connectivity index (χ0v) is 7.13. The lowest BCUT2D eigenvalue weighted by atomic mass is 10.2. The number of nitrogens with zero attached hydrogens (tertiary/aromatic N) is 2. The van der Waals surface area contributed by atoms with E-state index in [1.807, 2.05) is 37.2 Å². The smallest absolute Gasteiger partial charge is 0.157 e. The van der Waals surface area contributed by atoms with Gasteiger partial charge in [-0.3, -0.25) is 5.10 Å². The molecule has 0 aliphatic heterocycles. The predicted octanol–water partition coefficient (Wildman–Crippen LogP) is 1.43. The van der Waals surface area contributed by atoms with Crippen LogP contribution in [0.1, 0.15) is 0 Å². The van der Waals surface area contributed by atoms with Crippen LogP contribution in [-0.2, 0) is 0 Å². The van der Waals surface area contributed by atoms with Crippen molar-refractivity contribution in [2.75, 3.05) is 19.0 Å². The summed E-state index contributed by atoms with van der Waals surface area (Å²) >= 11 is 0. The van der Waals surface area contributed by atoms with E-state index in [0.29, 0.717) is 0 Å². The van der Waals surface area contributed by atoms with Crippen molar-refractivity contribution in [3.05, 3.63) is 24.3 Å². The molecule has 3 heteroatoms. The van der Waals surface area contributed by atoms with Crippen molar-refractivity contribution in [2.45, 2.75) is 0 Å². The number of anilines is 1. The lowest BCUT2D eigenvalue weighted by molar-refractivity contribution is 1.02. The Balaban J connectivity index is 2.70. The summed E-state index contributed by atoms with van der Waals surface area (Å²) in [7, 11) is 3.95. The molecule has 2 rings (SSSR count). The monoisotopic (exact) mass is 160 g/mol. The lowest BCUT2D eigenvalue weighted by Gasteiger charge is -2.07. The van der Waals surface area contributed by atoms with Gasteiger partial charge in [-0.1, -0.05) is 6.07 Å². The number of H-pyrrole nitrogens is 1. The van der Waals surface area contributed by atoms with E-state index in [9.17, 15) is 0 Å². The van der Waals surface area contributed by atoms with Crippen LogP contribution in [0.5, 0.6) is 0 Å². The van der Waals surface area contributed by atoms with Crippen LogP contribution in [0.4, 0.5) is 5.82 Å². The highest BCUT2D eigenvalue weighted by Crippen LogP contribution is 2.20. The highest BCUT2D eigenvalue weighted by molar-refractivity contribution is 5.89. The van der Waals surface area contributed by atoms with Gasteiger partial charge in [0, 0.05) is 19.5 Å². The van der Waals surface area contributed by atoms with Gasteiger partial charge in [-0.05, 0) is 18.2 Å². The summed E-state index contributed by atoms with van der Waals surface area (Å²) in [4.78, 5) is 1.98. The van der Waals surface area contributed by atoms with Crippen molar-refractivity contribution < 1.29 is 0 Å². The van der Waals surface area contributed by atoms with Crippen LogP contribution in [-0.4, -0.2) is 24.3 Å². The molecule has 0 saturated heterocycles. The Morgan fingerprint density at radius 2 is 2.33 bits per heavy atom. The van der Waals surface area contributed by atoms with E-state index in [2.05, 4.69) is 16.3 Å². The normalized spacial score (nSPS) is 10.5. The van der Waals surface area contributed by atoms with E-state index in [0.717, 1.165) is 16.7 Å². The summed E-state index contributed by atoms with van der Waals surface area (Å²) in [6.45, 7) is 0. The molecule has 61 valence electrons. The molecule has 1 aromatic heterocycles. The molecular weight excluding hydrogens is 150 g/mol. The van der Waals surface area contributed by atoms with E-state index in [4.69, 9.17) is 0 Å². The molecule has 1 heterocycles. The van der Waals surface area contributed by atoms with Gasteiger partial charge in [-0.15, -0.1) is 0 Å². The minimum absolute atomic E-state index is 0.960. The van der Waals surface area contributed by atoms with Gasteiger partial charge in [0.2, 0.25) is 0 Å². The Morgan fingerprint density at radius 3 is 3.08 bits per heavy atom. The maximum Gasteiger partial charge on any atom is 0.157 e. The fraction of sp³-hybridized carbons (Fsp3) is 0.222. The third-order valence-corrected chi connectivity index (χ3v) is 1.81. The highest BCUT2D eigenvalue weighted by atomic mass is 15.2. The zero-order chi connectivity index (χ0) is 8.55. The molecule has 1 N–H and O–H groups in total. The minimum atomic E-state index is 0.960. The molecule has 0 saturated carbocycles. The second kappa shape index (κ2) is 2.52. The van der Waals surface area contributed by atoms with Gasteiger partial charge in [0.15, 0.2) is 5.82 Å². The summed E-state index contributed by atoms with van der Waals surface area (Å²) in [6.07, 6.45) is 0. The number of nitrogens with one attached hydrogen (secondary N) is 1. The summed E-state index contributed by atoms with van der Waals surface area (Å²) in [5.41, 5.74) is 1.05. The Hall–Kier alpha value is -1.51. The van der Waals surface area contributed by atoms with Crippen LogP contribution in [0, 0.1) is 6.07 Å². The van der Waals surface area contributed by atoms with E-state index < -0.39 is 0 Å². The average Bonchev–Trinajstić information content (AvgIpc) is 2.47. The number of fused-ring (bicyclic) bond motifs is 1. The summed E-state index contributed by atoms with van der Waals surface area (Å²) in [6, 6.07) is 8.81. The van der Waals surface area contributed by atoms with Gasteiger partial charge >= 0.3 is 0 Å². The van der Waals surface area contributed by atoms with Gasteiger partial charge in [-0.25, -0.2) is 0 Å². The molecule has 1 aromatic carbocycles. The molecule has 0 atom stereocenters. The van der Waals surface area contributed by atoms with Crippen molar-refractivity contribution in [2.24, 2.45) is 0 Å². The second-order valence-electron chi connectivity index (χ2n) is 2.91. The van der Waals surface area contributed by atoms with Crippen molar-refractivity contribution in [3.63, 3.8) is 0 Å². The Morgan fingerprint density at radius 1 is 1.50 bits per heavy atom. The number of aromatic nitrogens is 2. The van der Waals surface area contributed by atoms with Gasteiger partial charge < -0.3 is 4.90 Å². The molecule has 1 radical (unpaired) electrons. The lowest BCUT2D eigenvalue weighted by Crippen LogP contribution is -2.09. The molecule has 12 heavy (non-hydrogen) atoms. The van der Waals surface area contributed by atoms with Crippen molar-refractivity contribution in [3.8, 4) is 0 Å². The van der Waals surface area contributed by atoms with E-state index in [1.54, 1.807) is 0 Å². The van der Waals surface area contributed by atoms with Crippen LogP contribution in [0.25, 0.3) is 10.9 Å². The number of benzene rings is 1. The first-order chi connectivity index (χ1) is 5.79. The number of hydrogen-bond donors (Lipinski definition) is 1. The molecule has 0 bridgehead atoms. The summed E-state index contributed by atoms with van der Waals surface area (Å²) in [5.74, 6) is 0.960. The molecular formula is C9H10N3. The number of hydrogen-bond acceptors (Lipinski definition) is 2. The van der Waals surface area contributed by atoms with Gasteiger partial charge in [0.25, 0.3) is 0 Å². The SMILES string of the molecule is CN(C)c1n[nH]c2cc[c]cc12. The topological polar surface area (TPSA) is 31.9 Å². The van der Waals surface area contributed by atoms with Crippen molar-refractivity contribution >= 4 is 16.7 Å². The average molecular weight is 160 g/mol. The van der Waals surface area contributed by atoms with Gasteiger partial charge in [0.05, 0.1) is 5.52 Å². The number of rotatable bonds is 1. The van der Waals surface area contributed by atoms with Crippen molar-refractivity contribution in [1.29, 1.82) is 0 Å². The Kier molecular flexibility index (Phi) is 1.50. The maximum absolute atomic E-state index is 4.18. The highest BCUT2D eigenvalue weighted by Gasteiger charge is 2.04. The number of aromatic amines is 1. The van der Waals surface area contributed by atoms with Crippen LogP contribution < -0.4 is 4.90 Å². The van der Waals surface area contributed by atoms with Crippen LogP contribution >= 0.6 is 0 Å². The summed E-state index contributed by atoms with van der Waals surface area (Å²) < 4.78 is 0. The third-order valence-electron chi connectivity index (χ3n) is 1.81. The molecule has 0 spiro atoms. The standard InChI is InChI=1S/C9H10N3/c1-12(2)9-7-5-3-4-6-8(7)10-11-9/h4-6H,1-2H3,(H,10,11). The quantitative estimate of drug-likeness (QED) is 0.684. The van der Waals surface area contributed by atoms with E-state index >= 15 is 0 Å². The molecule has 0 fully saturated rings. The Bertz CT molecular complexity index is 389. The van der Waals surface area contributed by atoms with Crippen molar-refractivity contribution in [1.82, 2.24) is 10.2 Å². The molecule has 0 aliphatic carbocycles. The van der Waals surface area contributed by atoms with Crippen LogP contribution in [0.15, 0.2) is 18.2 Å². The molecule has 0 unspecified atom stereocenters. The van der Waals surface area contributed by atoms with Crippen LogP contribution in [0.2, 0.25) is 0 Å². The Labute approximate surface area is 71.0 Å². The third kappa shape index (κ3) is 0.942. The first kappa shape index (κ1) is 7.16. The molecule has 0 aliphatic rings. The van der Waals surface area contributed by atoms with E-state index in [1.165, 1.54) is 0 Å². The fourth-order valence-electron chi connectivity index (χ4n) is 1.23. The fourth-order valence-corrected chi connectivity index (χ4v) is 1.23. The first-order valence-corrected chi connectivity index (χ1v) is 3.80. The minimum Gasteiger partial charge on any atom is -0.361 e. The zero-order valence-electron chi connectivity index (χ0n) is 7.13. The molecule has 3 nitrogen and oxygen atoms in total. The molecule has 0 amide bonds. The second-order valence-corrected chi connectivity index (χ2v) is 2.91. The van der Waals surface area contributed by atoms with Crippen LogP contribution in [0.3, 0.4) is 0 Å². The maximum atomic E-state index is 4.18. The van der Waals surface area contributed by atoms with E-state index in [-0.39, 0.29) is 0 Å². The predicted molar refractivity (Wildman–Crippen MR) is 49.3 cm³/mol. The van der Waals surface area contributed by atoms with Gasteiger partial charge in [-0.2, -0.15) is 5.10 Å². The summed E-state index contributed by atoms with van der Waals surface area (Å²) in [5, 5.41) is 8.25. The largest absolute Gasteiger partial charge is 0.361 e. The molecule has 2 aromatic rings.